The second-order valence-electron chi connectivity index (χ2n) is 8.14. The van der Waals surface area contributed by atoms with E-state index in [1.807, 2.05) is 0 Å². The van der Waals surface area contributed by atoms with Gasteiger partial charge in [0.2, 0.25) is 8.40 Å². The van der Waals surface area contributed by atoms with Crippen molar-refractivity contribution in [3.63, 3.8) is 0 Å². The molecular formula is C18H38N2Si. The first-order chi connectivity index (χ1) is 10.0. The maximum Gasteiger partial charge on any atom is 0.208 e. The van der Waals surface area contributed by atoms with Crippen LogP contribution in [-0.2, 0) is 0 Å². The first-order valence-corrected chi connectivity index (χ1v) is 11.8. The van der Waals surface area contributed by atoms with E-state index in [4.69, 9.17) is 0 Å². The van der Waals surface area contributed by atoms with Crippen molar-refractivity contribution in [2.45, 2.75) is 115 Å². The Kier molecular flexibility index (Phi) is 6.76. The molecular weight excluding hydrogens is 272 g/mol. The molecule has 0 aromatic carbocycles. The van der Waals surface area contributed by atoms with Crippen molar-refractivity contribution in [2.24, 2.45) is 0 Å². The van der Waals surface area contributed by atoms with E-state index in [2.05, 4.69) is 37.7 Å². The van der Waals surface area contributed by atoms with Gasteiger partial charge in [-0.1, -0.05) is 91.9 Å². The highest BCUT2D eigenvalue weighted by Gasteiger charge is 2.49. The fraction of sp³-hybridized carbons (Fsp3) is 1.00. The summed E-state index contributed by atoms with van der Waals surface area (Å²) in [6.07, 6.45) is 14.7. The molecule has 0 heterocycles. The van der Waals surface area contributed by atoms with Crippen molar-refractivity contribution in [3.8, 4) is 0 Å². The molecule has 0 atom stereocenters. The van der Waals surface area contributed by atoms with Gasteiger partial charge in [0.15, 0.2) is 0 Å². The Labute approximate surface area is 134 Å². The summed E-state index contributed by atoms with van der Waals surface area (Å²) in [5.41, 5.74) is 1.92. The summed E-state index contributed by atoms with van der Waals surface area (Å²) in [5.74, 6) is 0. The van der Waals surface area contributed by atoms with Crippen LogP contribution in [-0.4, -0.2) is 20.5 Å². The Balaban J connectivity index is 2.25. The topological polar surface area (TPSA) is 24.1 Å². The SMILES string of the molecule is CC(C)N[Si](NC(C)C)(C1CCCCC1)C1CCCCC1. The summed E-state index contributed by atoms with van der Waals surface area (Å²) >= 11 is 0. The average Bonchev–Trinajstić information content (AvgIpc) is 2.47. The first-order valence-electron chi connectivity index (χ1n) is 9.60. The Hall–Kier alpha value is 0.137. The molecule has 2 nitrogen and oxygen atoms in total. The minimum absolute atomic E-state index is 0.617. The second kappa shape index (κ2) is 8.12. The molecule has 0 spiro atoms. The van der Waals surface area contributed by atoms with Gasteiger partial charge in [-0.15, -0.1) is 0 Å². The lowest BCUT2D eigenvalue weighted by Gasteiger charge is -2.50. The number of nitrogens with one attached hydrogen (secondary N) is 2. The summed E-state index contributed by atoms with van der Waals surface area (Å²) in [6, 6.07) is 1.23. The van der Waals surface area contributed by atoms with Gasteiger partial charge in [0.05, 0.1) is 0 Å². The molecule has 0 aromatic heterocycles. The van der Waals surface area contributed by atoms with Gasteiger partial charge in [0.1, 0.15) is 0 Å². The number of hydrogen-bond acceptors (Lipinski definition) is 2. The van der Waals surface area contributed by atoms with Crippen LogP contribution in [0.1, 0.15) is 91.9 Å². The van der Waals surface area contributed by atoms with Gasteiger partial charge < -0.3 is 9.96 Å². The van der Waals surface area contributed by atoms with Crippen molar-refractivity contribution in [2.75, 3.05) is 0 Å². The van der Waals surface area contributed by atoms with E-state index in [0.717, 1.165) is 11.1 Å². The summed E-state index contributed by atoms with van der Waals surface area (Å²) in [6.45, 7) is 9.43. The molecule has 21 heavy (non-hydrogen) atoms. The highest BCUT2D eigenvalue weighted by molar-refractivity contribution is 6.78. The molecule has 2 aliphatic rings. The zero-order valence-electron chi connectivity index (χ0n) is 14.9. The molecule has 0 radical (unpaired) electrons. The van der Waals surface area contributed by atoms with E-state index in [1.54, 1.807) is 0 Å². The van der Waals surface area contributed by atoms with Crippen LogP contribution >= 0.6 is 0 Å². The third kappa shape index (κ3) is 4.55. The van der Waals surface area contributed by atoms with Crippen LogP contribution in [0.25, 0.3) is 0 Å². The third-order valence-electron chi connectivity index (χ3n) is 5.55. The predicted octanol–water partition coefficient (Wildman–Crippen LogP) is 5.09. The van der Waals surface area contributed by atoms with Gasteiger partial charge in [-0.2, -0.15) is 0 Å². The lowest BCUT2D eigenvalue weighted by atomic mass is 9.99. The van der Waals surface area contributed by atoms with Crippen LogP contribution in [0.4, 0.5) is 0 Å². The van der Waals surface area contributed by atoms with Crippen molar-refractivity contribution >= 4 is 8.40 Å². The van der Waals surface area contributed by atoms with Crippen LogP contribution in [0.2, 0.25) is 11.1 Å². The van der Waals surface area contributed by atoms with Crippen molar-refractivity contribution in [3.05, 3.63) is 0 Å². The van der Waals surface area contributed by atoms with Crippen LogP contribution in [0.5, 0.6) is 0 Å². The van der Waals surface area contributed by atoms with Gasteiger partial charge in [-0.05, 0) is 23.2 Å². The quantitative estimate of drug-likeness (QED) is 0.667. The van der Waals surface area contributed by atoms with Crippen LogP contribution in [0, 0.1) is 0 Å². The summed E-state index contributed by atoms with van der Waals surface area (Å²) in [4.78, 5) is 8.38. The average molecular weight is 311 g/mol. The Morgan fingerprint density at radius 1 is 0.619 bits per heavy atom. The molecule has 0 aromatic rings. The lowest BCUT2D eigenvalue weighted by Crippen LogP contribution is -2.71. The van der Waals surface area contributed by atoms with E-state index in [0.29, 0.717) is 12.1 Å². The van der Waals surface area contributed by atoms with Crippen LogP contribution < -0.4 is 9.96 Å². The minimum atomic E-state index is -1.62. The second-order valence-corrected chi connectivity index (χ2v) is 12.1. The number of rotatable bonds is 6. The summed E-state index contributed by atoms with van der Waals surface area (Å²) in [7, 11) is -1.62. The molecule has 2 N–H and O–H groups in total. The Morgan fingerprint density at radius 2 is 0.952 bits per heavy atom. The van der Waals surface area contributed by atoms with Crippen LogP contribution in [0.15, 0.2) is 0 Å². The molecule has 2 fully saturated rings. The van der Waals surface area contributed by atoms with E-state index < -0.39 is 8.40 Å². The molecule has 0 unspecified atom stereocenters. The van der Waals surface area contributed by atoms with Gasteiger partial charge in [0, 0.05) is 0 Å². The van der Waals surface area contributed by atoms with Crippen molar-refractivity contribution in [1.29, 1.82) is 0 Å². The number of hydrogen-bond donors (Lipinski definition) is 2. The fourth-order valence-corrected chi connectivity index (χ4v) is 11.2. The molecule has 2 saturated carbocycles. The largest absolute Gasteiger partial charge is 0.323 e. The molecule has 2 rings (SSSR count). The maximum absolute atomic E-state index is 4.19. The molecule has 0 aliphatic heterocycles. The molecule has 3 heteroatoms. The van der Waals surface area contributed by atoms with Gasteiger partial charge >= 0.3 is 0 Å². The highest BCUT2D eigenvalue weighted by atomic mass is 28.3. The first kappa shape index (κ1) is 17.5. The minimum Gasteiger partial charge on any atom is -0.323 e. The van der Waals surface area contributed by atoms with Gasteiger partial charge in [-0.25, -0.2) is 0 Å². The zero-order valence-corrected chi connectivity index (χ0v) is 15.9. The van der Waals surface area contributed by atoms with Gasteiger partial charge in [-0.3, -0.25) is 0 Å². The summed E-state index contributed by atoms with van der Waals surface area (Å²) < 4.78 is 0. The van der Waals surface area contributed by atoms with Crippen LogP contribution in [0.3, 0.4) is 0 Å². The maximum atomic E-state index is 4.19. The van der Waals surface area contributed by atoms with E-state index >= 15 is 0 Å². The Morgan fingerprint density at radius 3 is 1.24 bits per heavy atom. The monoisotopic (exact) mass is 310 g/mol. The Bertz CT molecular complexity index is 262. The summed E-state index contributed by atoms with van der Waals surface area (Å²) in [5, 5.41) is 0. The normalized spacial score (nSPS) is 23.1. The molecule has 0 amide bonds. The fourth-order valence-electron chi connectivity index (χ4n) is 4.92. The smallest absolute Gasteiger partial charge is 0.208 e. The van der Waals surface area contributed by atoms with E-state index in [-0.39, 0.29) is 0 Å². The zero-order chi connectivity index (χ0) is 15.3. The molecule has 0 saturated heterocycles. The standard InChI is InChI=1S/C18H38N2Si/c1-15(2)19-21(20-16(3)4,17-11-7-5-8-12-17)18-13-9-6-10-14-18/h15-20H,5-14H2,1-4H3. The van der Waals surface area contributed by atoms with Gasteiger partial charge in [0.25, 0.3) is 0 Å². The third-order valence-corrected chi connectivity index (χ3v) is 11.4. The highest BCUT2D eigenvalue weighted by Crippen LogP contribution is 2.45. The molecule has 2 aliphatic carbocycles. The molecule has 124 valence electrons. The van der Waals surface area contributed by atoms with E-state index in [1.165, 1.54) is 64.2 Å². The predicted molar refractivity (Wildman–Crippen MR) is 96.0 cm³/mol. The molecule has 0 bridgehead atoms. The van der Waals surface area contributed by atoms with Crippen molar-refractivity contribution in [1.82, 2.24) is 9.96 Å². The van der Waals surface area contributed by atoms with Crippen molar-refractivity contribution < 1.29 is 0 Å². The van der Waals surface area contributed by atoms with E-state index in [9.17, 15) is 0 Å². The lowest BCUT2D eigenvalue weighted by molar-refractivity contribution is 0.421.